The van der Waals surface area contributed by atoms with E-state index >= 15 is 0 Å². The summed E-state index contributed by atoms with van der Waals surface area (Å²) in [5.41, 5.74) is 3.47. The Morgan fingerprint density at radius 2 is 1.11 bits per heavy atom. The van der Waals surface area contributed by atoms with Crippen molar-refractivity contribution in [3.8, 4) is 45.8 Å². The van der Waals surface area contributed by atoms with Gasteiger partial charge in [-0.15, -0.1) is 0 Å². The van der Waals surface area contributed by atoms with Gasteiger partial charge in [0.05, 0.1) is 66.0 Å². The molecule has 0 radical (unpaired) electrons. The molecule has 0 saturated heterocycles. The molecule has 0 unspecified atom stereocenters. The second kappa shape index (κ2) is 16.5. The Bertz CT molecular complexity index is 1700. The topological polar surface area (TPSA) is 142 Å². The molecule has 2 aromatic heterocycles. The third-order valence-electron chi connectivity index (χ3n) is 6.48. The van der Waals surface area contributed by atoms with Crippen LogP contribution in [-0.4, -0.2) is 60.6 Å². The van der Waals surface area contributed by atoms with E-state index in [1.165, 1.54) is 13.3 Å². The van der Waals surface area contributed by atoms with Crippen molar-refractivity contribution < 1.29 is 28.8 Å². The number of nitrogens with zero attached hydrogens (tertiary/aromatic N) is 4. The Morgan fingerprint density at radius 3 is 1.59 bits per heavy atom. The highest BCUT2D eigenvalue weighted by molar-refractivity contribution is 6.29. The van der Waals surface area contributed by atoms with Gasteiger partial charge in [-0.3, -0.25) is 9.97 Å². The van der Waals surface area contributed by atoms with Gasteiger partial charge in [0.2, 0.25) is 0 Å². The second-order valence-corrected chi connectivity index (χ2v) is 9.94. The van der Waals surface area contributed by atoms with E-state index in [0.717, 1.165) is 39.7 Å². The summed E-state index contributed by atoms with van der Waals surface area (Å²) in [6.07, 6.45) is 6.41. The van der Waals surface area contributed by atoms with E-state index in [9.17, 15) is 5.11 Å². The number of phenolic OH excluding ortho intramolecular Hbond substituents is 1. The molecule has 0 fully saturated rings. The molecule has 0 aliphatic heterocycles. The number of ether oxygens (including phenoxy) is 5. The van der Waals surface area contributed by atoms with Crippen molar-refractivity contribution in [3.63, 3.8) is 0 Å². The van der Waals surface area contributed by atoms with Crippen molar-refractivity contribution in [1.82, 2.24) is 19.9 Å². The van der Waals surface area contributed by atoms with Crippen molar-refractivity contribution in [2.45, 2.75) is 13.1 Å². The minimum Gasteiger partial charge on any atom is -0.504 e. The third-order valence-corrected chi connectivity index (χ3v) is 6.67. The minimum atomic E-state index is 0.0791. The number of aromatic hydroxyl groups is 1. The van der Waals surface area contributed by atoms with Crippen molar-refractivity contribution in [3.05, 3.63) is 95.7 Å². The Balaban J connectivity index is 0.000000222. The Labute approximate surface area is 272 Å². The molecule has 0 spiro atoms. The van der Waals surface area contributed by atoms with Crippen LogP contribution < -0.4 is 34.3 Å². The first-order chi connectivity index (χ1) is 22.3. The number of hydrogen-bond donors (Lipinski definition) is 3. The second-order valence-electron chi connectivity index (χ2n) is 9.55. The lowest BCUT2D eigenvalue weighted by atomic mass is 10.1. The summed E-state index contributed by atoms with van der Waals surface area (Å²) in [4.78, 5) is 16.9. The maximum Gasteiger partial charge on any atom is 0.161 e. The Morgan fingerprint density at radius 1 is 0.609 bits per heavy atom. The quantitative estimate of drug-likeness (QED) is 0.141. The Hall–Kier alpha value is -5.49. The van der Waals surface area contributed by atoms with E-state index < -0.39 is 0 Å². The number of aromatic nitrogens is 4. The highest BCUT2D eigenvalue weighted by Gasteiger charge is 2.08. The summed E-state index contributed by atoms with van der Waals surface area (Å²) in [7, 11) is 7.98. The van der Waals surface area contributed by atoms with Crippen molar-refractivity contribution >= 4 is 23.2 Å². The van der Waals surface area contributed by atoms with Gasteiger partial charge in [-0.05, 0) is 53.6 Å². The summed E-state index contributed by atoms with van der Waals surface area (Å²) >= 11 is 5.77. The van der Waals surface area contributed by atoms with Gasteiger partial charge >= 0.3 is 0 Å². The van der Waals surface area contributed by atoms with Crippen LogP contribution in [0.4, 0.5) is 11.6 Å². The highest BCUT2D eigenvalue weighted by Crippen LogP contribution is 2.31. The SMILES string of the molecule is COc1cc(CNc2cncc(-c3ccc(O)c(OC)c3)n2)cc(OC)c1.COc1cc(CNc2cncc(Cl)n2)cc(OC)c1. The lowest BCUT2D eigenvalue weighted by molar-refractivity contribution is 0.373. The Kier molecular flexibility index (Phi) is 12.0. The molecule has 0 saturated carbocycles. The smallest absolute Gasteiger partial charge is 0.161 e. The number of halogens is 1. The van der Waals surface area contributed by atoms with E-state index in [1.807, 2.05) is 36.4 Å². The maximum absolute atomic E-state index is 9.74. The lowest BCUT2D eigenvalue weighted by Gasteiger charge is -2.11. The molecule has 0 atom stereocenters. The molecule has 5 aromatic rings. The van der Waals surface area contributed by atoms with Crippen LogP contribution in [-0.2, 0) is 13.1 Å². The molecule has 2 heterocycles. The molecule has 0 bridgehead atoms. The number of anilines is 2. The van der Waals surface area contributed by atoms with Gasteiger partial charge in [-0.25, -0.2) is 9.97 Å². The average molecular weight is 647 g/mol. The van der Waals surface area contributed by atoms with E-state index in [0.29, 0.717) is 41.3 Å². The zero-order chi connectivity index (χ0) is 32.9. The van der Waals surface area contributed by atoms with Gasteiger partial charge in [-0.1, -0.05) is 11.6 Å². The number of nitrogens with one attached hydrogen (secondary N) is 2. The largest absolute Gasteiger partial charge is 0.504 e. The monoisotopic (exact) mass is 646 g/mol. The number of hydrogen-bond acceptors (Lipinski definition) is 12. The number of methoxy groups -OCH3 is 5. The molecule has 0 aliphatic carbocycles. The summed E-state index contributed by atoms with van der Waals surface area (Å²) in [6.45, 7) is 1.10. The van der Waals surface area contributed by atoms with Crippen LogP contribution in [0.3, 0.4) is 0 Å². The maximum atomic E-state index is 9.74. The predicted octanol–water partition coefficient (Wildman–Crippen LogP) is 6.25. The molecule has 5 rings (SSSR count). The molecular weight excluding hydrogens is 612 g/mol. The van der Waals surface area contributed by atoms with E-state index in [2.05, 4.69) is 30.6 Å². The fourth-order valence-electron chi connectivity index (χ4n) is 4.18. The molecule has 240 valence electrons. The van der Waals surface area contributed by atoms with Crippen LogP contribution in [0.1, 0.15) is 11.1 Å². The number of phenols is 1. The van der Waals surface area contributed by atoms with Gasteiger partial charge in [0, 0.05) is 30.8 Å². The first kappa shape index (κ1) is 33.4. The van der Waals surface area contributed by atoms with E-state index in [4.69, 9.17) is 35.3 Å². The fraction of sp³-hybridized carbons (Fsp3) is 0.212. The molecule has 46 heavy (non-hydrogen) atoms. The van der Waals surface area contributed by atoms with Crippen LogP contribution in [0.5, 0.6) is 34.5 Å². The van der Waals surface area contributed by atoms with Crippen molar-refractivity contribution in [2.75, 3.05) is 46.2 Å². The van der Waals surface area contributed by atoms with Crippen molar-refractivity contribution in [1.29, 1.82) is 0 Å². The third kappa shape index (κ3) is 9.50. The predicted molar refractivity (Wildman–Crippen MR) is 176 cm³/mol. The zero-order valence-electron chi connectivity index (χ0n) is 26.1. The van der Waals surface area contributed by atoms with E-state index in [1.54, 1.807) is 65.2 Å². The summed E-state index contributed by atoms with van der Waals surface area (Å²) in [5, 5.41) is 16.5. The zero-order valence-corrected chi connectivity index (χ0v) is 26.8. The minimum absolute atomic E-state index is 0.0791. The molecule has 0 aliphatic rings. The summed E-state index contributed by atoms with van der Waals surface area (Å²) in [5.74, 6) is 4.65. The lowest BCUT2D eigenvalue weighted by Crippen LogP contribution is -2.03. The van der Waals surface area contributed by atoms with Crippen LogP contribution >= 0.6 is 11.6 Å². The average Bonchev–Trinajstić information content (AvgIpc) is 3.10. The first-order valence-corrected chi connectivity index (χ1v) is 14.3. The molecular formula is C33H35ClN6O6. The number of rotatable bonds is 12. The van der Waals surface area contributed by atoms with Gasteiger partial charge < -0.3 is 39.4 Å². The molecule has 12 nitrogen and oxygen atoms in total. The van der Waals surface area contributed by atoms with Crippen LogP contribution in [0.15, 0.2) is 79.4 Å². The fourth-order valence-corrected chi connectivity index (χ4v) is 4.32. The summed E-state index contributed by atoms with van der Waals surface area (Å²) < 4.78 is 26.2. The first-order valence-electron chi connectivity index (χ1n) is 13.9. The van der Waals surface area contributed by atoms with Gasteiger partial charge in [-0.2, -0.15) is 0 Å². The van der Waals surface area contributed by atoms with Crippen molar-refractivity contribution in [2.24, 2.45) is 0 Å². The molecule has 3 aromatic carbocycles. The van der Waals surface area contributed by atoms with Crippen LogP contribution in [0.25, 0.3) is 11.3 Å². The normalized spacial score (nSPS) is 10.2. The molecule has 0 amide bonds. The highest BCUT2D eigenvalue weighted by atomic mass is 35.5. The summed E-state index contributed by atoms with van der Waals surface area (Å²) in [6, 6.07) is 16.4. The van der Waals surface area contributed by atoms with Crippen LogP contribution in [0, 0.1) is 0 Å². The standard InChI is InChI=1S/C20H21N3O4.C13H14ClN3O2/c1-25-15-6-13(7-16(9-15)26-2)10-22-20-12-21-11-17(23-20)14-4-5-18(24)19(8-14)27-3;1-18-10-3-9(4-11(5-10)19-2)6-16-13-8-15-7-12(14)17-13/h4-9,11-12,24H,10H2,1-3H3,(H,22,23);3-5,7-8H,6H2,1-2H3,(H,16,17). The van der Waals surface area contributed by atoms with E-state index in [-0.39, 0.29) is 5.75 Å². The van der Waals surface area contributed by atoms with Gasteiger partial charge in [0.25, 0.3) is 0 Å². The van der Waals surface area contributed by atoms with Gasteiger partial charge in [0.15, 0.2) is 11.5 Å². The molecule has 13 heteroatoms. The van der Waals surface area contributed by atoms with Gasteiger partial charge in [0.1, 0.15) is 39.8 Å². The molecule has 3 N–H and O–H groups in total. The number of benzene rings is 3. The van der Waals surface area contributed by atoms with Crippen LogP contribution in [0.2, 0.25) is 5.15 Å².